The van der Waals surface area contributed by atoms with Crippen LogP contribution in [-0.4, -0.2) is 36.1 Å². The summed E-state index contributed by atoms with van der Waals surface area (Å²) in [7, 11) is 1.45. The minimum absolute atomic E-state index is 0.111. The summed E-state index contributed by atoms with van der Waals surface area (Å²) < 4.78 is 6.77. The number of thiophene rings is 1. The van der Waals surface area contributed by atoms with Crippen LogP contribution >= 0.6 is 38.9 Å². The largest absolute Gasteiger partial charge is 0.469 e. The Morgan fingerprint density at radius 1 is 1.50 bits per heavy atom. The third-order valence-corrected chi connectivity index (χ3v) is 6.67. The number of methoxy groups -OCH3 is 1. The molecule has 0 unspecified atom stereocenters. The van der Waals surface area contributed by atoms with E-state index in [1.807, 2.05) is 5.38 Å². The highest BCUT2D eigenvalue weighted by molar-refractivity contribution is 9.10. The van der Waals surface area contributed by atoms with Gasteiger partial charge in [0.05, 0.1) is 16.3 Å². The van der Waals surface area contributed by atoms with Gasteiger partial charge in [-0.05, 0) is 45.3 Å². The van der Waals surface area contributed by atoms with Crippen molar-refractivity contribution < 1.29 is 9.53 Å². The Bertz CT molecular complexity index is 756. The van der Waals surface area contributed by atoms with Gasteiger partial charge in [-0.3, -0.25) is 4.79 Å². The number of ether oxygens (including phenoxy) is 1. The van der Waals surface area contributed by atoms with Crippen LogP contribution in [0.15, 0.2) is 9.85 Å². The van der Waals surface area contributed by atoms with Crippen molar-refractivity contribution in [2.75, 3.05) is 25.1 Å². The molecule has 5 nitrogen and oxygen atoms in total. The summed E-state index contributed by atoms with van der Waals surface area (Å²) >= 11 is 11.2. The molecule has 0 N–H and O–H groups in total. The van der Waals surface area contributed by atoms with Crippen LogP contribution in [0, 0.1) is 17.8 Å². The molecular weight excluding hydrogens is 390 g/mol. The molecule has 4 rings (SSSR count). The lowest BCUT2D eigenvalue weighted by Gasteiger charge is -2.21. The second-order valence-corrected chi connectivity index (χ2v) is 7.83. The third kappa shape index (κ3) is 2.30. The molecule has 3 atom stereocenters. The number of carbonyl (C=O) groups is 1. The average molecular weight is 403 g/mol. The van der Waals surface area contributed by atoms with Crippen LogP contribution in [0.5, 0.6) is 0 Å². The van der Waals surface area contributed by atoms with Gasteiger partial charge in [0.25, 0.3) is 0 Å². The van der Waals surface area contributed by atoms with Gasteiger partial charge in [0.1, 0.15) is 5.52 Å². The highest BCUT2D eigenvalue weighted by Crippen LogP contribution is 2.55. The van der Waals surface area contributed by atoms with Gasteiger partial charge in [-0.25, -0.2) is 4.98 Å². The number of carbonyl (C=O) groups excluding carboxylic acids is 1. The molecule has 116 valence electrons. The number of rotatable bonds is 3. The van der Waals surface area contributed by atoms with Gasteiger partial charge in [0.15, 0.2) is 5.82 Å². The molecule has 0 bridgehead atoms. The number of hydrogen-bond acceptors (Lipinski definition) is 6. The predicted molar refractivity (Wildman–Crippen MR) is 89.4 cm³/mol. The Kier molecular flexibility index (Phi) is 3.54. The fourth-order valence-electron chi connectivity index (χ4n) is 3.46. The van der Waals surface area contributed by atoms with Gasteiger partial charge in [0.2, 0.25) is 5.28 Å². The van der Waals surface area contributed by atoms with Crippen molar-refractivity contribution in [2.24, 2.45) is 17.8 Å². The fourth-order valence-corrected chi connectivity index (χ4v) is 5.21. The first-order valence-electron chi connectivity index (χ1n) is 7.00. The number of anilines is 1. The standard InChI is InChI=1S/C14H13BrClN3O2S/c1-21-10(20)2-6-7-3-19(4-8(6)7)13-12-11(9(15)5-22-12)17-14(16)18-13/h5-8H,2-4H2,1H3/t6-,7-,8+. The molecule has 2 aliphatic rings. The van der Waals surface area contributed by atoms with Crippen LogP contribution in [0.1, 0.15) is 6.42 Å². The first kappa shape index (κ1) is 14.7. The highest BCUT2D eigenvalue weighted by Gasteiger charge is 2.56. The highest BCUT2D eigenvalue weighted by atomic mass is 79.9. The summed E-state index contributed by atoms with van der Waals surface area (Å²) in [6.45, 7) is 1.84. The Morgan fingerprint density at radius 3 is 2.91 bits per heavy atom. The summed E-state index contributed by atoms with van der Waals surface area (Å²) in [4.78, 5) is 22.4. The number of hydrogen-bond donors (Lipinski definition) is 0. The van der Waals surface area contributed by atoms with E-state index < -0.39 is 0 Å². The number of esters is 1. The van der Waals surface area contributed by atoms with Crippen molar-refractivity contribution in [3.05, 3.63) is 15.1 Å². The molecular formula is C14H13BrClN3O2S. The topological polar surface area (TPSA) is 55.3 Å². The van der Waals surface area contributed by atoms with Gasteiger partial charge in [-0.1, -0.05) is 0 Å². The molecule has 1 saturated carbocycles. The van der Waals surface area contributed by atoms with E-state index in [1.54, 1.807) is 11.3 Å². The van der Waals surface area contributed by atoms with Crippen LogP contribution in [-0.2, 0) is 9.53 Å². The quantitative estimate of drug-likeness (QED) is 0.582. The number of piperidine rings is 1. The van der Waals surface area contributed by atoms with E-state index in [9.17, 15) is 4.79 Å². The molecule has 1 saturated heterocycles. The van der Waals surface area contributed by atoms with Gasteiger partial charge in [-0.15, -0.1) is 11.3 Å². The molecule has 1 aliphatic heterocycles. The Balaban J connectivity index is 1.55. The van der Waals surface area contributed by atoms with E-state index in [-0.39, 0.29) is 11.3 Å². The van der Waals surface area contributed by atoms with Crippen molar-refractivity contribution in [3.8, 4) is 0 Å². The number of nitrogens with zero attached hydrogens (tertiary/aromatic N) is 3. The van der Waals surface area contributed by atoms with Crippen molar-refractivity contribution in [3.63, 3.8) is 0 Å². The van der Waals surface area contributed by atoms with Crippen LogP contribution in [0.2, 0.25) is 5.28 Å². The van der Waals surface area contributed by atoms with Gasteiger partial charge < -0.3 is 9.64 Å². The zero-order valence-electron chi connectivity index (χ0n) is 11.8. The van der Waals surface area contributed by atoms with E-state index >= 15 is 0 Å². The average Bonchev–Trinajstić information content (AvgIpc) is 2.87. The maximum Gasteiger partial charge on any atom is 0.305 e. The van der Waals surface area contributed by atoms with Crippen molar-refractivity contribution in [1.29, 1.82) is 0 Å². The normalized spacial score (nSPS) is 26.3. The zero-order chi connectivity index (χ0) is 15.4. The first-order valence-corrected chi connectivity index (χ1v) is 9.05. The molecule has 2 fully saturated rings. The van der Waals surface area contributed by atoms with E-state index in [4.69, 9.17) is 16.3 Å². The molecule has 0 spiro atoms. The number of halogens is 2. The van der Waals surface area contributed by atoms with Crippen molar-refractivity contribution in [1.82, 2.24) is 9.97 Å². The zero-order valence-corrected chi connectivity index (χ0v) is 14.9. The lowest BCUT2D eigenvalue weighted by atomic mass is 10.2. The molecule has 0 amide bonds. The molecule has 2 aromatic heterocycles. The lowest BCUT2D eigenvalue weighted by Crippen LogP contribution is -2.25. The summed E-state index contributed by atoms with van der Waals surface area (Å²) in [6, 6.07) is 0. The lowest BCUT2D eigenvalue weighted by molar-refractivity contribution is -0.141. The Morgan fingerprint density at radius 2 is 2.23 bits per heavy atom. The number of fused-ring (bicyclic) bond motifs is 2. The van der Waals surface area contributed by atoms with Gasteiger partial charge in [0, 0.05) is 24.9 Å². The van der Waals surface area contributed by atoms with E-state index in [2.05, 4.69) is 30.8 Å². The van der Waals surface area contributed by atoms with Gasteiger partial charge >= 0.3 is 5.97 Å². The second-order valence-electron chi connectivity index (χ2n) is 5.75. The van der Waals surface area contributed by atoms with Crippen LogP contribution < -0.4 is 4.90 Å². The van der Waals surface area contributed by atoms with E-state index in [0.717, 1.165) is 33.6 Å². The van der Waals surface area contributed by atoms with Crippen molar-refractivity contribution in [2.45, 2.75) is 6.42 Å². The SMILES string of the molecule is COC(=O)C[C@@H]1[C@H]2CN(c3nc(Cl)nc4c(Br)csc34)C[C@@H]12. The Labute approximate surface area is 144 Å². The van der Waals surface area contributed by atoms with Crippen LogP contribution in [0.4, 0.5) is 5.82 Å². The smallest absolute Gasteiger partial charge is 0.305 e. The molecule has 2 aromatic rings. The van der Waals surface area contributed by atoms with Crippen LogP contribution in [0.3, 0.4) is 0 Å². The summed E-state index contributed by atoms with van der Waals surface area (Å²) in [6.07, 6.45) is 0.532. The molecule has 8 heteroatoms. The maximum absolute atomic E-state index is 11.4. The van der Waals surface area contributed by atoms with E-state index in [0.29, 0.717) is 24.2 Å². The summed E-state index contributed by atoms with van der Waals surface area (Å²) in [5.74, 6) is 2.39. The summed E-state index contributed by atoms with van der Waals surface area (Å²) in [5, 5.41) is 2.28. The van der Waals surface area contributed by atoms with E-state index in [1.165, 1.54) is 7.11 Å². The monoisotopic (exact) mass is 401 g/mol. The third-order valence-electron chi connectivity index (χ3n) is 4.63. The minimum Gasteiger partial charge on any atom is -0.469 e. The van der Waals surface area contributed by atoms with Gasteiger partial charge in [-0.2, -0.15) is 4.98 Å². The number of aromatic nitrogens is 2. The Hall–Kier alpha value is -0.920. The molecule has 0 radical (unpaired) electrons. The molecule has 1 aliphatic carbocycles. The predicted octanol–water partition coefficient (Wildman–Crippen LogP) is 3.35. The molecule has 0 aromatic carbocycles. The maximum atomic E-state index is 11.4. The first-order chi connectivity index (χ1) is 10.6. The molecule has 3 heterocycles. The minimum atomic E-state index is -0.111. The fraction of sp³-hybridized carbons (Fsp3) is 0.500. The second kappa shape index (κ2) is 5.32. The van der Waals surface area contributed by atoms with Crippen molar-refractivity contribution >= 4 is 60.9 Å². The molecule has 22 heavy (non-hydrogen) atoms. The summed E-state index contributed by atoms with van der Waals surface area (Å²) in [5.41, 5.74) is 0.867. The van der Waals surface area contributed by atoms with Crippen LogP contribution in [0.25, 0.3) is 10.2 Å².